The zero-order valence-corrected chi connectivity index (χ0v) is 14.4. The number of benzene rings is 2. The fraction of sp³-hybridized carbons (Fsp3) is 0. The average Bonchev–Trinajstić information content (AvgIpc) is 2.71. The van der Waals surface area contributed by atoms with Crippen LogP contribution in [0.25, 0.3) is 11.3 Å². The Bertz CT molecular complexity index is 1040. The molecule has 0 saturated heterocycles. The number of nitrogens with zero attached hydrogens (tertiary/aromatic N) is 3. The summed E-state index contributed by atoms with van der Waals surface area (Å²) in [6, 6.07) is 20.7. The molecule has 4 rings (SSSR count). The minimum atomic E-state index is 0.425. The van der Waals surface area contributed by atoms with E-state index in [4.69, 9.17) is 10.5 Å². The molecule has 2 heterocycles. The first-order chi connectivity index (χ1) is 13.3. The van der Waals surface area contributed by atoms with Crippen molar-refractivity contribution in [3.8, 4) is 22.9 Å². The second-order valence-electron chi connectivity index (χ2n) is 5.80. The van der Waals surface area contributed by atoms with Gasteiger partial charge in [-0.25, -0.2) is 15.0 Å². The lowest BCUT2D eigenvalue weighted by atomic mass is 10.1. The van der Waals surface area contributed by atoms with Crippen molar-refractivity contribution in [1.82, 2.24) is 15.0 Å². The van der Waals surface area contributed by atoms with Crippen molar-refractivity contribution in [3.05, 3.63) is 85.3 Å². The number of pyridine rings is 1. The van der Waals surface area contributed by atoms with E-state index in [9.17, 15) is 0 Å². The number of aromatic nitrogens is 3. The Morgan fingerprint density at radius 3 is 2.41 bits per heavy atom. The van der Waals surface area contributed by atoms with Crippen LogP contribution in [-0.4, -0.2) is 15.0 Å². The normalized spacial score (nSPS) is 10.4. The molecular formula is C21H17N5O. The van der Waals surface area contributed by atoms with Gasteiger partial charge in [0.05, 0.1) is 0 Å². The van der Waals surface area contributed by atoms with Crippen LogP contribution in [0.15, 0.2) is 85.3 Å². The van der Waals surface area contributed by atoms with Crippen LogP contribution in [0.5, 0.6) is 11.6 Å². The van der Waals surface area contributed by atoms with Crippen molar-refractivity contribution in [2.24, 2.45) is 0 Å². The number of anilines is 3. The van der Waals surface area contributed by atoms with Crippen LogP contribution >= 0.6 is 0 Å². The topological polar surface area (TPSA) is 86.0 Å². The smallest absolute Gasteiger partial charge is 0.246 e. The van der Waals surface area contributed by atoms with E-state index < -0.39 is 0 Å². The fourth-order valence-corrected chi connectivity index (χ4v) is 2.59. The molecule has 132 valence electrons. The van der Waals surface area contributed by atoms with Crippen molar-refractivity contribution < 1.29 is 4.74 Å². The van der Waals surface area contributed by atoms with Gasteiger partial charge in [0.2, 0.25) is 5.88 Å². The van der Waals surface area contributed by atoms with Gasteiger partial charge in [-0.15, -0.1) is 0 Å². The van der Waals surface area contributed by atoms with Gasteiger partial charge in [-0.2, -0.15) is 0 Å². The van der Waals surface area contributed by atoms with Gasteiger partial charge in [-0.05, 0) is 48.5 Å². The highest BCUT2D eigenvalue weighted by Gasteiger charge is 2.10. The number of rotatable bonds is 5. The molecule has 0 unspecified atom stereocenters. The summed E-state index contributed by atoms with van der Waals surface area (Å²) in [5.41, 5.74) is 8.94. The van der Waals surface area contributed by atoms with Crippen LogP contribution in [0, 0.1) is 0 Å². The number of nitrogens with two attached hydrogens (primary N) is 1. The van der Waals surface area contributed by atoms with Gasteiger partial charge in [0, 0.05) is 35.5 Å². The van der Waals surface area contributed by atoms with E-state index >= 15 is 0 Å². The maximum atomic E-state index is 5.95. The number of nitrogen functional groups attached to an aromatic ring is 1. The molecule has 0 saturated carbocycles. The van der Waals surface area contributed by atoms with Crippen LogP contribution in [0.2, 0.25) is 0 Å². The molecule has 0 atom stereocenters. The van der Waals surface area contributed by atoms with Crippen LogP contribution in [-0.2, 0) is 0 Å². The Kier molecular flexibility index (Phi) is 4.61. The Hall–Kier alpha value is -3.93. The van der Waals surface area contributed by atoms with E-state index in [0.29, 0.717) is 23.0 Å². The number of hydrogen-bond acceptors (Lipinski definition) is 6. The first-order valence-electron chi connectivity index (χ1n) is 8.41. The van der Waals surface area contributed by atoms with Gasteiger partial charge >= 0.3 is 0 Å². The average molecular weight is 355 g/mol. The molecule has 2 aromatic carbocycles. The van der Waals surface area contributed by atoms with Gasteiger partial charge < -0.3 is 15.8 Å². The molecule has 0 amide bonds. The van der Waals surface area contributed by atoms with Crippen LogP contribution in [0.1, 0.15) is 0 Å². The maximum Gasteiger partial charge on any atom is 0.246 e. The monoisotopic (exact) mass is 355 g/mol. The molecule has 0 bridgehead atoms. The van der Waals surface area contributed by atoms with E-state index in [2.05, 4.69) is 20.3 Å². The van der Waals surface area contributed by atoms with Gasteiger partial charge in [0.25, 0.3) is 0 Å². The second-order valence-corrected chi connectivity index (χ2v) is 5.80. The van der Waals surface area contributed by atoms with Gasteiger partial charge in [0.15, 0.2) is 0 Å². The second kappa shape index (κ2) is 7.53. The molecule has 0 aliphatic rings. The molecule has 0 spiro atoms. The fourth-order valence-electron chi connectivity index (χ4n) is 2.59. The van der Waals surface area contributed by atoms with Crippen LogP contribution in [0.3, 0.4) is 0 Å². The summed E-state index contributed by atoms with van der Waals surface area (Å²) < 4.78 is 5.95. The number of ether oxygens (including phenoxy) is 1. The minimum absolute atomic E-state index is 0.425. The SMILES string of the molecule is Nc1cccc(-c2nccnc2Oc2ccc(Nc3ccccn3)cc2)c1. The van der Waals surface area contributed by atoms with E-state index in [1.807, 2.05) is 66.7 Å². The highest BCUT2D eigenvalue weighted by atomic mass is 16.5. The lowest BCUT2D eigenvalue weighted by Gasteiger charge is -2.10. The Morgan fingerprint density at radius 2 is 1.63 bits per heavy atom. The van der Waals surface area contributed by atoms with Gasteiger partial charge in [0.1, 0.15) is 17.3 Å². The van der Waals surface area contributed by atoms with Gasteiger partial charge in [-0.1, -0.05) is 18.2 Å². The highest BCUT2D eigenvalue weighted by Crippen LogP contribution is 2.30. The molecule has 27 heavy (non-hydrogen) atoms. The van der Waals surface area contributed by atoms with Crippen molar-refractivity contribution >= 4 is 17.2 Å². The summed E-state index contributed by atoms with van der Waals surface area (Å²) in [7, 11) is 0. The molecule has 3 N–H and O–H groups in total. The number of nitrogens with one attached hydrogen (secondary N) is 1. The first-order valence-corrected chi connectivity index (χ1v) is 8.41. The van der Waals surface area contributed by atoms with Gasteiger partial charge in [-0.3, -0.25) is 0 Å². The van der Waals surface area contributed by atoms with Crippen molar-refractivity contribution in [2.45, 2.75) is 0 Å². The van der Waals surface area contributed by atoms with Crippen molar-refractivity contribution in [3.63, 3.8) is 0 Å². The van der Waals surface area contributed by atoms with Crippen molar-refractivity contribution in [1.29, 1.82) is 0 Å². The Labute approximate surface area is 156 Å². The summed E-state index contributed by atoms with van der Waals surface area (Å²) >= 11 is 0. The Balaban J connectivity index is 1.55. The third-order valence-electron chi connectivity index (χ3n) is 3.83. The summed E-state index contributed by atoms with van der Waals surface area (Å²) in [6.45, 7) is 0. The van der Waals surface area contributed by atoms with E-state index in [1.165, 1.54) is 0 Å². The highest BCUT2D eigenvalue weighted by molar-refractivity contribution is 5.68. The lowest BCUT2D eigenvalue weighted by molar-refractivity contribution is 0.462. The lowest BCUT2D eigenvalue weighted by Crippen LogP contribution is -1.96. The van der Waals surface area contributed by atoms with E-state index in [1.54, 1.807) is 18.6 Å². The molecule has 0 aliphatic carbocycles. The third kappa shape index (κ3) is 4.01. The van der Waals surface area contributed by atoms with E-state index in [0.717, 1.165) is 17.1 Å². The molecule has 0 radical (unpaired) electrons. The Morgan fingerprint density at radius 1 is 0.778 bits per heavy atom. The number of hydrogen-bond donors (Lipinski definition) is 2. The zero-order chi connectivity index (χ0) is 18.5. The maximum absolute atomic E-state index is 5.95. The summed E-state index contributed by atoms with van der Waals surface area (Å²) in [4.78, 5) is 13.0. The van der Waals surface area contributed by atoms with Crippen LogP contribution in [0.4, 0.5) is 17.2 Å². The minimum Gasteiger partial charge on any atom is -0.437 e. The molecule has 0 aliphatic heterocycles. The molecular weight excluding hydrogens is 338 g/mol. The molecule has 6 heteroatoms. The standard InChI is InChI=1S/C21H17N5O/c22-16-5-3-4-15(14-16)20-21(25-13-12-24-20)27-18-9-7-17(8-10-18)26-19-6-1-2-11-23-19/h1-14H,22H2,(H,23,26). The largest absolute Gasteiger partial charge is 0.437 e. The predicted octanol–water partition coefficient (Wildman–Crippen LogP) is 4.66. The first kappa shape index (κ1) is 16.5. The quantitative estimate of drug-likeness (QED) is 0.507. The van der Waals surface area contributed by atoms with Crippen molar-refractivity contribution in [2.75, 3.05) is 11.1 Å². The summed E-state index contributed by atoms with van der Waals surface area (Å²) in [5, 5.41) is 3.23. The molecule has 2 aromatic heterocycles. The third-order valence-corrected chi connectivity index (χ3v) is 3.83. The summed E-state index contributed by atoms with van der Waals surface area (Å²) in [6.07, 6.45) is 4.97. The molecule has 0 fully saturated rings. The van der Waals surface area contributed by atoms with E-state index in [-0.39, 0.29) is 0 Å². The predicted molar refractivity (Wildman–Crippen MR) is 106 cm³/mol. The zero-order valence-electron chi connectivity index (χ0n) is 14.4. The molecule has 4 aromatic rings. The van der Waals surface area contributed by atoms with Crippen LogP contribution < -0.4 is 15.8 Å². The summed E-state index contributed by atoms with van der Waals surface area (Å²) in [5.74, 6) is 1.87. The molecule has 6 nitrogen and oxygen atoms in total.